The average molecular weight is 546 g/mol. The van der Waals surface area contributed by atoms with Crippen LogP contribution in [0.15, 0.2) is 72.0 Å². The van der Waals surface area contributed by atoms with E-state index in [1.807, 2.05) is 36.1 Å². The quantitative estimate of drug-likeness (QED) is 0.280. The lowest BCUT2D eigenvalue weighted by molar-refractivity contribution is 0.408. The number of ether oxygens (including phenoxy) is 1. The van der Waals surface area contributed by atoms with Crippen LogP contribution >= 0.6 is 24.0 Å². The van der Waals surface area contributed by atoms with Gasteiger partial charge in [-0.1, -0.05) is 24.3 Å². The molecule has 2 heterocycles. The highest BCUT2D eigenvalue weighted by atomic mass is 127. The largest absolute Gasteiger partial charge is 0.495 e. The molecule has 170 valence electrons. The maximum atomic E-state index is 5.56. The van der Waals surface area contributed by atoms with E-state index in [2.05, 4.69) is 62.0 Å². The summed E-state index contributed by atoms with van der Waals surface area (Å²) >= 11 is 0. The third-order valence-electron chi connectivity index (χ3n) is 5.55. The van der Waals surface area contributed by atoms with Crippen molar-refractivity contribution in [3.8, 4) is 11.4 Å². The summed E-state index contributed by atoms with van der Waals surface area (Å²) in [6.45, 7) is 2.64. The molecule has 8 heteroatoms. The Morgan fingerprint density at radius 3 is 2.84 bits per heavy atom. The van der Waals surface area contributed by atoms with Gasteiger partial charge < -0.3 is 20.3 Å². The highest BCUT2D eigenvalue weighted by Crippen LogP contribution is 2.29. The zero-order valence-electron chi connectivity index (χ0n) is 18.6. The number of anilines is 1. The molecule has 0 radical (unpaired) electrons. The number of aromatic nitrogens is 2. The molecule has 0 bridgehead atoms. The van der Waals surface area contributed by atoms with Gasteiger partial charge in [-0.15, -0.1) is 24.0 Å². The molecule has 1 unspecified atom stereocenters. The Balaban J connectivity index is 0.00000289. The van der Waals surface area contributed by atoms with Gasteiger partial charge in [0, 0.05) is 45.1 Å². The Morgan fingerprint density at radius 1 is 1.19 bits per heavy atom. The maximum absolute atomic E-state index is 5.56. The van der Waals surface area contributed by atoms with Gasteiger partial charge in [0.25, 0.3) is 0 Å². The van der Waals surface area contributed by atoms with E-state index in [1.54, 1.807) is 13.3 Å². The van der Waals surface area contributed by atoms with Crippen molar-refractivity contribution in [2.45, 2.75) is 25.4 Å². The predicted molar refractivity (Wildman–Crippen MR) is 141 cm³/mol. The molecule has 2 N–H and O–H groups in total. The van der Waals surface area contributed by atoms with Crippen molar-refractivity contribution >= 4 is 35.6 Å². The molecule has 32 heavy (non-hydrogen) atoms. The van der Waals surface area contributed by atoms with Crippen molar-refractivity contribution in [2.75, 3.05) is 32.1 Å². The van der Waals surface area contributed by atoms with Crippen molar-refractivity contribution < 1.29 is 4.74 Å². The van der Waals surface area contributed by atoms with Crippen LogP contribution in [0.2, 0.25) is 0 Å². The van der Waals surface area contributed by atoms with Gasteiger partial charge in [-0.25, -0.2) is 4.68 Å². The fourth-order valence-corrected chi connectivity index (χ4v) is 4.01. The average Bonchev–Trinajstić information content (AvgIpc) is 3.37. The van der Waals surface area contributed by atoms with Gasteiger partial charge in [-0.05, 0) is 48.7 Å². The molecule has 0 aliphatic carbocycles. The van der Waals surface area contributed by atoms with Crippen molar-refractivity contribution in [2.24, 2.45) is 4.99 Å². The molecule has 0 amide bonds. The summed E-state index contributed by atoms with van der Waals surface area (Å²) in [4.78, 5) is 6.82. The summed E-state index contributed by atoms with van der Waals surface area (Å²) in [6.07, 6.45) is 5.97. The van der Waals surface area contributed by atoms with E-state index in [4.69, 9.17) is 4.74 Å². The number of nitrogens with one attached hydrogen (secondary N) is 2. The van der Waals surface area contributed by atoms with Gasteiger partial charge in [-0.2, -0.15) is 5.10 Å². The normalized spacial score (nSPS) is 16.2. The molecular formula is C24H31IN6O. The van der Waals surface area contributed by atoms with E-state index < -0.39 is 0 Å². The number of guanidine groups is 1. The van der Waals surface area contributed by atoms with Gasteiger partial charge in [0.15, 0.2) is 5.96 Å². The lowest BCUT2D eigenvalue weighted by atomic mass is 10.0. The molecule has 2 aromatic carbocycles. The number of rotatable bonds is 6. The van der Waals surface area contributed by atoms with Crippen LogP contribution in [0.3, 0.4) is 0 Å². The number of aliphatic imine (C=N–C) groups is 1. The lowest BCUT2D eigenvalue weighted by Gasteiger charge is -2.36. The molecule has 0 spiro atoms. The highest BCUT2D eigenvalue weighted by Gasteiger charge is 2.22. The molecule has 1 aromatic heterocycles. The second-order valence-corrected chi connectivity index (χ2v) is 7.65. The standard InChI is InChI=1S/C24H30N6O.HI/c1-25-24(26-17-19-8-5-10-21(16-19)30-15-7-13-27-30)28-20-9-6-14-29(18-20)22-11-3-4-12-23(22)31-2;/h3-5,7-8,10-13,15-16,20H,6,9,14,17-18H2,1-2H3,(H2,25,26,28);1H. The van der Waals surface area contributed by atoms with E-state index in [0.29, 0.717) is 12.6 Å². The summed E-state index contributed by atoms with van der Waals surface area (Å²) in [6, 6.07) is 18.8. The monoisotopic (exact) mass is 546 g/mol. The lowest BCUT2D eigenvalue weighted by Crippen LogP contribution is -2.51. The maximum Gasteiger partial charge on any atom is 0.191 e. The zero-order valence-corrected chi connectivity index (χ0v) is 20.9. The van der Waals surface area contributed by atoms with Gasteiger partial charge >= 0.3 is 0 Å². The number of hydrogen-bond acceptors (Lipinski definition) is 4. The predicted octanol–water partition coefficient (Wildman–Crippen LogP) is 3.83. The van der Waals surface area contributed by atoms with Crippen LogP contribution in [0.4, 0.5) is 5.69 Å². The number of methoxy groups -OCH3 is 1. The van der Waals surface area contributed by atoms with Gasteiger partial charge in [-0.3, -0.25) is 4.99 Å². The first-order chi connectivity index (χ1) is 15.3. The minimum absolute atomic E-state index is 0. The summed E-state index contributed by atoms with van der Waals surface area (Å²) in [5.74, 6) is 1.74. The molecule has 1 aliphatic rings. The Morgan fingerprint density at radius 2 is 2.06 bits per heavy atom. The Bertz CT molecular complexity index is 1010. The highest BCUT2D eigenvalue weighted by molar-refractivity contribution is 14.0. The number of hydrogen-bond donors (Lipinski definition) is 2. The van der Waals surface area contributed by atoms with E-state index >= 15 is 0 Å². The molecule has 3 aromatic rings. The first kappa shape index (κ1) is 23.9. The third-order valence-corrected chi connectivity index (χ3v) is 5.55. The third kappa shape index (κ3) is 5.93. The van der Waals surface area contributed by atoms with E-state index in [0.717, 1.165) is 49.0 Å². The molecule has 4 rings (SSSR count). The first-order valence-corrected chi connectivity index (χ1v) is 10.7. The molecule has 1 atom stereocenters. The van der Waals surface area contributed by atoms with E-state index in [1.165, 1.54) is 5.56 Å². The minimum atomic E-state index is 0. The van der Waals surface area contributed by atoms with Crippen molar-refractivity contribution in [1.29, 1.82) is 0 Å². The van der Waals surface area contributed by atoms with Gasteiger partial charge in [0.2, 0.25) is 0 Å². The number of para-hydroxylation sites is 2. The van der Waals surface area contributed by atoms with E-state index in [9.17, 15) is 0 Å². The van der Waals surface area contributed by atoms with Crippen LogP contribution in [0.25, 0.3) is 5.69 Å². The van der Waals surface area contributed by atoms with Crippen molar-refractivity contribution in [1.82, 2.24) is 20.4 Å². The topological polar surface area (TPSA) is 66.7 Å². The fraction of sp³-hybridized carbons (Fsp3) is 0.333. The number of piperidine rings is 1. The summed E-state index contributed by atoms with van der Waals surface area (Å²) in [5, 5.41) is 11.4. The van der Waals surface area contributed by atoms with Gasteiger partial charge in [0.1, 0.15) is 5.75 Å². The molecule has 7 nitrogen and oxygen atoms in total. The Kier molecular flexibility index (Phi) is 8.78. The van der Waals surface area contributed by atoms with Crippen LogP contribution in [-0.2, 0) is 6.54 Å². The van der Waals surface area contributed by atoms with E-state index in [-0.39, 0.29) is 24.0 Å². The molecular weight excluding hydrogens is 515 g/mol. The molecule has 1 fully saturated rings. The second kappa shape index (κ2) is 11.8. The zero-order chi connectivity index (χ0) is 21.5. The first-order valence-electron chi connectivity index (χ1n) is 10.7. The number of nitrogens with zero attached hydrogens (tertiary/aromatic N) is 4. The fourth-order valence-electron chi connectivity index (χ4n) is 4.01. The van der Waals surface area contributed by atoms with Crippen LogP contribution < -0.4 is 20.3 Å². The van der Waals surface area contributed by atoms with Crippen LogP contribution in [0.5, 0.6) is 5.75 Å². The molecule has 1 saturated heterocycles. The number of benzene rings is 2. The van der Waals surface area contributed by atoms with Crippen molar-refractivity contribution in [3.05, 3.63) is 72.6 Å². The van der Waals surface area contributed by atoms with Gasteiger partial charge in [0.05, 0.1) is 18.5 Å². The second-order valence-electron chi connectivity index (χ2n) is 7.65. The Hall–Kier alpha value is -2.75. The minimum Gasteiger partial charge on any atom is -0.495 e. The SMILES string of the molecule is CN=C(NCc1cccc(-n2cccn2)c1)NC1CCCN(c2ccccc2OC)C1.I. The summed E-state index contributed by atoms with van der Waals surface area (Å²) in [5.41, 5.74) is 3.37. The molecule has 1 aliphatic heterocycles. The van der Waals surface area contributed by atoms with Crippen LogP contribution in [-0.4, -0.2) is 49.0 Å². The number of halogens is 1. The van der Waals surface area contributed by atoms with Crippen molar-refractivity contribution in [3.63, 3.8) is 0 Å². The van der Waals surface area contributed by atoms with Crippen LogP contribution in [0, 0.1) is 0 Å². The molecule has 0 saturated carbocycles. The Labute approximate surface area is 206 Å². The smallest absolute Gasteiger partial charge is 0.191 e. The summed E-state index contributed by atoms with van der Waals surface area (Å²) in [7, 11) is 3.54. The van der Waals surface area contributed by atoms with Crippen LogP contribution in [0.1, 0.15) is 18.4 Å². The summed E-state index contributed by atoms with van der Waals surface area (Å²) < 4.78 is 7.42.